The van der Waals surface area contributed by atoms with Gasteiger partial charge in [-0.15, -0.1) is 34.2 Å². The highest BCUT2D eigenvalue weighted by atomic mass is 127. The van der Waals surface area contributed by atoms with Crippen LogP contribution in [0.2, 0.25) is 0 Å². The number of rotatable bonds is 9. The van der Waals surface area contributed by atoms with Crippen molar-refractivity contribution in [2.75, 3.05) is 32.8 Å². The maximum Gasteiger partial charge on any atom is 0.192 e. The molecule has 0 radical (unpaired) electrons. The molecule has 0 saturated carbocycles. The maximum absolute atomic E-state index is 5.57. The van der Waals surface area contributed by atoms with E-state index in [1.54, 1.807) is 0 Å². The van der Waals surface area contributed by atoms with Crippen LogP contribution < -0.4 is 10.6 Å². The van der Waals surface area contributed by atoms with Gasteiger partial charge in [0, 0.05) is 32.7 Å². The van der Waals surface area contributed by atoms with Gasteiger partial charge in [-0.3, -0.25) is 4.90 Å². The van der Waals surface area contributed by atoms with Crippen molar-refractivity contribution in [2.45, 2.75) is 52.7 Å². The van der Waals surface area contributed by atoms with Crippen LogP contribution in [0.3, 0.4) is 0 Å². The lowest BCUT2D eigenvalue weighted by Gasteiger charge is -2.36. The molecule has 2 unspecified atom stereocenters. The topological polar surface area (TPSA) is 79.6 Å². The molecule has 1 aliphatic rings. The molecule has 33 heavy (non-hydrogen) atoms. The molecule has 2 N–H and O–H groups in total. The van der Waals surface area contributed by atoms with E-state index in [-0.39, 0.29) is 30.0 Å². The van der Waals surface area contributed by atoms with Crippen molar-refractivity contribution in [1.29, 1.82) is 0 Å². The summed E-state index contributed by atoms with van der Waals surface area (Å²) < 4.78 is 7.55. The van der Waals surface area contributed by atoms with Crippen molar-refractivity contribution in [3.05, 3.63) is 47.5 Å². The molecule has 2 heterocycles. The zero-order chi connectivity index (χ0) is 22.9. The van der Waals surface area contributed by atoms with Crippen molar-refractivity contribution >= 4 is 29.9 Å². The van der Waals surface area contributed by atoms with E-state index in [1.165, 1.54) is 5.56 Å². The average molecular weight is 570 g/mol. The first kappa shape index (κ1) is 27.5. The van der Waals surface area contributed by atoms with Crippen LogP contribution in [0.4, 0.5) is 0 Å². The molecule has 1 aromatic carbocycles. The fraction of sp³-hybridized carbons (Fsp3) is 0.625. The van der Waals surface area contributed by atoms with Gasteiger partial charge in [0.2, 0.25) is 0 Å². The second-order valence-corrected chi connectivity index (χ2v) is 8.98. The standard InChI is InChI=1S/C24H39N7O.HI/c1-18(2)15-22(31-11-13-32-14-12-31)16-25-24(26-17-23-29-28-20(4)30(23)5)27-19(3)21-9-7-6-8-10-21;/h6-10,18-19,22H,11-17H2,1-5H3,(H2,25,26,27);1H. The average Bonchev–Trinajstić information content (AvgIpc) is 3.13. The molecule has 1 aromatic heterocycles. The Bertz CT molecular complexity index is 850. The van der Waals surface area contributed by atoms with Crippen LogP contribution in [0.5, 0.6) is 0 Å². The molecule has 0 bridgehead atoms. The Morgan fingerprint density at radius 3 is 2.42 bits per heavy atom. The SMILES string of the molecule is Cc1nnc(CN=C(NCC(CC(C)C)N2CCOCC2)NC(C)c2ccccc2)n1C.I. The van der Waals surface area contributed by atoms with Gasteiger partial charge in [-0.25, -0.2) is 4.99 Å². The summed E-state index contributed by atoms with van der Waals surface area (Å²) in [6, 6.07) is 11.0. The molecular weight excluding hydrogens is 529 g/mol. The van der Waals surface area contributed by atoms with Crippen LogP contribution in [0.25, 0.3) is 0 Å². The third-order valence-corrected chi connectivity index (χ3v) is 6.02. The van der Waals surface area contributed by atoms with Crippen molar-refractivity contribution in [1.82, 2.24) is 30.3 Å². The largest absolute Gasteiger partial charge is 0.379 e. The number of aromatic nitrogens is 3. The van der Waals surface area contributed by atoms with Crippen LogP contribution in [0, 0.1) is 12.8 Å². The van der Waals surface area contributed by atoms with Crippen molar-refractivity contribution in [3.8, 4) is 0 Å². The van der Waals surface area contributed by atoms with E-state index in [4.69, 9.17) is 9.73 Å². The van der Waals surface area contributed by atoms with Crippen molar-refractivity contribution < 1.29 is 4.74 Å². The van der Waals surface area contributed by atoms with Crippen LogP contribution in [-0.2, 0) is 18.3 Å². The number of aryl methyl sites for hydroxylation is 1. The van der Waals surface area contributed by atoms with Gasteiger partial charge in [-0.05, 0) is 31.7 Å². The van der Waals surface area contributed by atoms with E-state index < -0.39 is 0 Å². The second kappa shape index (κ2) is 13.9. The van der Waals surface area contributed by atoms with Gasteiger partial charge in [0.1, 0.15) is 12.4 Å². The predicted octanol–water partition coefficient (Wildman–Crippen LogP) is 3.28. The number of halogens is 1. The van der Waals surface area contributed by atoms with E-state index in [9.17, 15) is 0 Å². The van der Waals surface area contributed by atoms with Crippen molar-refractivity contribution in [2.24, 2.45) is 18.0 Å². The van der Waals surface area contributed by atoms with Gasteiger partial charge in [0.05, 0.1) is 19.3 Å². The fourth-order valence-corrected chi connectivity index (χ4v) is 3.98. The lowest BCUT2D eigenvalue weighted by Crippen LogP contribution is -2.51. The lowest BCUT2D eigenvalue weighted by molar-refractivity contribution is 0.0132. The molecular formula is C24H40IN7O. The summed E-state index contributed by atoms with van der Waals surface area (Å²) in [6.45, 7) is 13.6. The Labute approximate surface area is 215 Å². The molecule has 1 saturated heterocycles. The molecule has 3 rings (SSSR count). The Kier molecular flexibility index (Phi) is 11.6. The monoisotopic (exact) mass is 569 g/mol. The molecule has 1 aliphatic heterocycles. The van der Waals surface area contributed by atoms with Gasteiger partial charge in [0.15, 0.2) is 11.8 Å². The minimum Gasteiger partial charge on any atom is -0.379 e. The molecule has 0 amide bonds. The first-order valence-corrected chi connectivity index (χ1v) is 11.7. The van der Waals surface area contributed by atoms with E-state index in [0.717, 1.165) is 56.9 Å². The highest BCUT2D eigenvalue weighted by Crippen LogP contribution is 2.14. The van der Waals surface area contributed by atoms with E-state index >= 15 is 0 Å². The summed E-state index contributed by atoms with van der Waals surface area (Å²) in [7, 11) is 1.98. The zero-order valence-corrected chi connectivity index (χ0v) is 23.0. The molecule has 0 aliphatic carbocycles. The van der Waals surface area contributed by atoms with Crippen LogP contribution in [0.1, 0.15) is 50.4 Å². The van der Waals surface area contributed by atoms with E-state index in [0.29, 0.717) is 18.5 Å². The summed E-state index contributed by atoms with van der Waals surface area (Å²) in [5, 5.41) is 15.6. The summed E-state index contributed by atoms with van der Waals surface area (Å²) in [5.74, 6) is 3.16. The number of hydrogen-bond donors (Lipinski definition) is 2. The van der Waals surface area contributed by atoms with Crippen LogP contribution in [0.15, 0.2) is 35.3 Å². The third-order valence-electron chi connectivity index (χ3n) is 6.02. The van der Waals surface area contributed by atoms with Gasteiger partial charge in [0.25, 0.3) is 0 Å². The molecule has 8 nitrogen and oxygen atoms in total. The molecule has 2 atom stereocenters. The first-order chi connectivity index (χ1) is 15.4. The highest BCUT2D eigenvalue weighted by Gasteiger charge is 2.22. The summed E-state index contributed by atoms with van der Waals surface area (Å²) in [4.78, 5) is 7.40. The molecule has 184 valence electrons. The molecule has 9 heteroatoms. The normalized spacial score (nSPS) is 16.8. The Morgan fingerprint density at radius 1 is 1.12 bits per heavy atom. The summed E-state index contributed by atoms with van der Waals surface area (Å²) in [6.07, 6.45) is 1.14. The highest BCUT2D eigenvalue weighted by molar-refractivity contribution is 14.0. The minimum absolute atomic E-state index is 0. The van der Waals surface area contributed by atoms with E-state index in [2.05, 4.69) is 70.8 Å². The minimum atomic E-state index is 0. The molecule has 2 aromatic rings. The third kappa shape index (κ3) is 8.53. The second-order valence-electron chi connectivity index (χ2n) is 8.98. The van der Waals surface area contributed by atoms with Crippen molar-refractivity contribution in [3.63, 3.8) is 0 Å². The van der Waals surface area contributed by atoms with Gasteiger partial charge in [-0.1, -0.05) is 44.2 Å². The van der Waals surface area contributed by atoms with E-state index in [1.807, 2.05) is 24.6 Å². The lowest BCUT2D eigenvalue weighted by atomic mass is 10.0. The smallest absolute Gasteiger partial charge is 0.192 e. The summed E-state index contributed by atoms with van der Waals surface area (Å²) in [5.41, 5.74) is 1.23. The number of nitrogens with zero attached hydrogens (tertiary/aromatic N) is 5. The number of ether oxygens (including phenoxy) is 1. The quantitative estimate of drug-likeness (QED) is 0.274. The number of nitrogens with one attached hydrogen (secondary N) is 2. The number of hydrogen-bond acceptors (Lipinski definition) is 5. The Balaban J connectivity index is 0.00000385. The predicted molar refractivity (Wildman–Crippen MR) is 144 cm³/mol. The number of guanidine groups is 1. The van der Waals surface area contributed by atoms with Gasteiger partial charge in [-0.2, -0.15) is 0 Å². The van der Waals surface area contributed by atoms with Crippen LogP contribution >= 0.6 is 24.0 Å². The zero-order valence-electron chi connectivity index (χ0n) is 20.6. The number of aliphatic imine (C=N–C) groups is 1. The molecule has 0 spiro atoms. The summed E-state index contributed by atoms with van der Waals surface area (Å²) >= 11 is 0. The Hall–Kier alpha value is -1.72. The Morgan fingerprint density at radius 2 is 1.82 bits per heavy atom. The van der Waals surface area contributed by atoms with Crippen LogP contribution in [-0.4, -0.2) is 64.5 Å². The van der Waals surface area contributed by atoms with Gasteiger partial charge < -0.3 is 19.9 Å². The number of morpholine rings is 1. The number of benzene rings is 1. The fourth-order valence-electron chi connectivity index (χ4n) is 3.98. The maximum atomic E-state index is 5.57. The first-order valence-electron chi connectivity index (χ1n) is 11.7. The molecule has 1 fully saturated rings. The van der Waals surface area contributed by atoms with Gasteiger partial charge >= 0.3 is 0 Å².